The third-order valence-electron chi connectivity index (χ3n) is 4.45. The summed E-state index contributed by atoms with van der Waals surface area (Å²) in [5.41, 5.74) is -2.00. The third kappa shape index (κ3) is 4.98. The fraction of sp³-hybridized carbons (Fsp3) is 0.421. The van der Waals surface area contributed by atoms with Crippen molar-refractivity contribution in [2.75, 3.05) is 5.32 Å². The van der Waals surface area contributed by atoms with Crippen LogP contribution in [0.4, 0.5) is 23.7 Å². The maximum atomic E-state index is 13.1. The lowest BCUT2D eigenvalue weighted by molar-refractivity contribution is -0.137. The van der Waals surface area contributed by atoms with E-state index in [1.54, 1.807) is 20.8 Å². The molecule has 0 spiro atoms. The molecule has 0 atom stereocenters. The molecule has 2 aromatic heterocycles. The fourth-order valence-electron chi connectivity index (χ4n) is 2.66. The number of oxazole rings is 1. The summed E-state index contributed by atoms with van der Waals surface area (Å²) in [5.74, 6) is -2.18. The zero-order chi connectivity index (χ0) is 23.8. The van der Waals surface area contributed by atoms with E-state index in [1.165, 1.54) is 4.90 Å². The number of nitrogens with one attached hydrogen (secondary N) is 1. The molecule has 0 radical (unpaired) electrons. The Morgan fingerprint density at radius 3 is 2.50 bits per heavy atom. The minimum atomic E-state index is -4.68. The average molecular weight is 456 g/mol. The highest BCUT2D eigenvalue weighted by molar-refractivity contribution is 5.95. The number of amides is 2. The summed E-state index contributed by atoms with van der Waals surface area (Å²) >= 11 is 0. The van der Waals surface area contributed by atoms with Gasteiger partial charge in [0.15, 0.2) is 0 Å². The van der Waals surface area contributed by atoms with Gasteiger partial charge in [0, 0.05) is 11.6 Å². The zero-order valence-corrected chi connectivity index (χ0v) is 17.2. The van der Waals surface area contributed by atoms with Crippen LogP contribution in [0, 0.1) is 5.41 Å². The zero-order valence-electron chi connectivity index (χ0n) is 17.2. The highest BCUT2D eigenvalue weighted by atomic mass is 19.4. The molecule has 172 valence electrons. The Labute approximate surface area is 179 Å². The van der Waals surface area contributed by atoms with Crippen LogP contribution in [-0.2, 0) is 35.4 Å². The van der Waals surface area contributed by atoms with Crippen molar-refractivity contribution in [1.82, 2.24) is 14.9 Å². The number of ether oxygens (including phenoxy) is 1. The molecule has 0 unspecified atom stereocenters. The number of aromatic nitrogens is 2. The highest BCUT2D eigenvalue weighted by Crippen LogP contribution is 2.32. The number of carboxylic acids is 1. The Bertz CT molecular complexity index is 1050. The summed E-state index contributed by atoms with van der Waals surface area (Å²) in [6, 6.07) is 0.724. The second-order valence-corrected chi connectivity index (χ2v) is 8.02. The molecule has 13 heteroatoms. The van der Waals surface area contributed by atoms with Gasteiger partial charge in [0.05, 0.1) is 24.3 Å². The van der Waals surface area contributed by atoms with Crippen molar-refractivity contribution in [2.24, 2.45) is 5.41 Å². The number of halogens is 3. The number of carboxylic acid groups (broad SMARTS) is 1. The average Bonchev–Trinajstić information content (AvgIpc) is 3.24. The molecule has 3 rings (SSSR count). The predicted octanol–water partition coefficient (Wildman–Crippen LogP) is 3.42. The van der Waals surface area contributed by atoms with Crippen molar-refractivity contribution in [3.63, 3.8) is 0 Å². The molecule has 0 aromatic carbocycles. The molecule has 3 heterocycles. The second-order valence-electron chi connectivity index (χ2n) is 8.02. The molecule has 0 saturated heterocycles. The number of carbonyl (C=O) groups excluding carboxylic acids is 2. The third-order valence-corrected chi connectivity index (χ3v) is 4.45. The smallest absolute Gasteiger partial charge is 0.417 e. The van der Waals surface area contributed by atoms with E-state index in [0.717, 1.165) is 6.07 Å². The summed E-state index contributed by atoms with van der Waals surface area (Å²) < 4.78 is 49.4. The van der Waals surface area contributed by atoms with Crippen LogP contribution in [0.15, 0.2) is 16.7 Å². The van der Waals surface area contributed by atoms with Gasteiger partial charge in [-0.05, 0) is 6.07 Å². The summed E-state index contributed by atoms with van der Waals surface area (Å²) in [6.07, 6.45) is -4.94. The number of alkyl halides is 3. The lowest BCUT2D eigenvalue weighted by Gasteiger charge is -2.20. The van der Waals surface area contributed by atoms with Gasteiger partial charge in [0.1, 0.15) is 23.8 Å². The first-order chi connectivity index (χ1) is 14.8. The van der Waals surface area contributed by atoms with E-state index in [9.17, 15) is 27.6 Å². The lowest BCUT2D eigenvalue weighted by atomic mass is 9.95. The standard InChI is InChI=1S/C19H19F3N4O6/c1-18(2,3)16(29)25-10-4-9(19(20,21)22)5-23-12(10)8-31-17(30)26-6-11-13(7-26)32-14(24-11)15(27)28/h4-5H,6-8H2,1-3H3,(H,25,29)(H,27,28). The van der Waals surface area contributed by atoms with E-state index >= 15 is 0 Å². The molecule has 1 aliphatic heterocycles. The minimum absolute atomic E-state index is 0.0565. The van der Waals surface area contributed by atoms with Gasteiger partial charge in [-0.25, -0.2) is 14.6 Å². The van der Waals surface area contributed by atoms with Crippen LogP contribution in [0.3, 0.4) is 0 Å². The molecule has 0 bridgehead atoms. The molecule has 0 saturated carbocycles. The van der Waals surface area contributed by atoms with Crippen molar-refractivity contribution in [3.8, 4) is 0 Å². The Balaban J connectivity index is 1.72. The molecule has 0 aliphatic carbocycles. The molecule has 2 amide bonds. The summed E-state index contributed by atoms with van der Waals surface area (Å²) in [6.45, 7) is 4.11. The number of aromatic carboxylic acids is 1. The Hall–Kier alpha value is -3.64. The van der Waals surface area contributed by atoms with Crippen LogP contribution in [-0.4, -0.2) is 37.9 Å². The van der Waals surface area contributed by atoms with E-state index in [1.807, 2.05) is 0 Å². The van der Waals surface area contributed by atoms with E-state index < -0.39 is 47.6 Å². The molecular weight excluding hydrogens is 437 g/mol. The van der Waals surface area contributed by atoms with Crippen molar-refractivity contribution < 1.29 is 41.8 Å². The second kappa shape index (κ2) is 8.13. The van der Waals surface area contributed by atoms with Crippen LogP contribution in [0.5, 0.6) is 0 Å². The lowest BCUT2D eigenvalue weighted by Crippen LogP contribution is -2.29. The quantitative estimate of drug-likeness (QED) is 0.715. The molecular formula is C19H19F3N4O6. The first-order valence-corrected chi connectivity index (χ1v) is 9.27. The van der Waals surface area contributed by atoms with Gasteiger partial charge in [-0.15, -0.1) is 0 Å². The Morgan fingerprint density at radius 1 is 1.25 bits per heavy atom. The Kier molecular flexibility index (Phi) is 5.85. The van der Waals surface area contributed by atoms with Crippen LogP contribution in [0.25, 0.3) is 0 Å². The van der Waals surface area contributed by atoms with Gasteiger partial charge in [-0.1, -0.05) is 20.8 Å². The first-order valence-electron chi connectivity index (χ1n) is 9.27. The maximum Gasteiger partial charge on any atom is 0.417 e. The monoisotopic (exact) mass is 456 g/mol. The summed E-state index contributed by atoms with van der Waals surface area (Å²) in [5, 5.41) is 11.3. The van der Waals surface area contributed by atoms with E-state index in [-0.39, 0.29) is 35.9 Å². The van der Waals surface area contributed by atoms with E-state index in [2.05, 4.69) is 15.3 Å². The number of carbonyl (C=O) groups is 3. The highest BCUT2D eigenvalue weighted by Gasteiger charge is 2.34. The molecule has 32 heavy (non-hydrogen) atoms. The van der Waals surface area contributed by atoms with Gasteiger partial charge >= 0.3 is 24.1 Å². The molecule has 2 aromatic rings. The number of hydrogen-bond acceptors (Lipinski definition) is 7. The van der Waals surface area contributed by atoms with Gasteiger partial charge in [-0.3, -0.25) is 14.7 Å². The number of nitrogens with zero attached hydrogens (tertiary/aromatic N) is 3. The molecule has 0 fully saturated rings. The molecule has 2 N–H and O–H groups in total. The maximum absolute atomic E-state index is 13.1. The molecule has 10 nitrogen and oxygen atoms in total. The number of rotatable bonds is 4. The largest absolute Gasteiger partial charge is 0.474 e. The van der Waals surface area contributed by atoms with Crippen molar-refractivity contribution in [1.29, 1.82) is 0 Å². The van der Waals surface area contributed by atoms with Crippen LogP contribution >= 0.6 is 0 Å². The topological polar surface area (TPSA) is 135 Å². The number of anilines is 1. The minimum Gasteiger partial charge on any atom is -0.474 e. The van der Waals surface area contributed by atoms with E-state index in [0.29, 0.717) is 6.20 Å². The normalized spacial score (nSPS) is 13.6. The number of pyridine rings is 1. The van der Waals surface area contributed by atoms with Crippen molar-refractivity contribution >= 4 is 23.7 Å². The molecule has 1 aliphatic rings. The van der Waals surface area contributed by atoms with Gasteiger partial charge < -0.3 is 19.6 Å². The van der Waals surface area contributed by atoms with Crippen molar-refractivity contribution in [2.45, 2.75) is 46.6 Å². The van der Waals surface area contributed by atoms with Crippen LogP contribution in [0.1, 0.15) is 54.2 Å². The van der Waals surface area contributed by atoms with Gasteiger partial charge in [-0.2, -0.15) is 13.2 Å². The van der Waals surface area contributed by atoms with Gasteiger partial charge in [0.25, 0.3) is 0 Å². The van der Waals surface area contributed by atoms with Crippen LogP contribution < -0.4 is 5.32 Å². The number of hydrogen-bond donors (Lipinski definition) is 2. The summed E-state index contributed by atoms with van der Waals surface area (Å²) in [4.78, 5) is 44.1. The van der Waals surface area contributed by atoms with Crippen LogP contribution in [0.2, 0.25) is 0 Å². The predicted molar refractivity (Wildman–Crippen MR) is 100 cm³/mol. The SMILES string of the molecule is CC(C)(C)C(=O)Nc1cc(C(F)(F)F)cnc1COC(=O)N1Cc2nc(C(=O)O)oc2C1. The van der Waals surface area contributed by atoms with E-state index in [4.69, 9.17) is 14.3 Å². The van der Waals surface area contributed by atoms with Gasteiger partial charge in [0.2, 0.25) is 5.91 Å². The fourth-order valence-corrected chi connectivity index (χ4v) is 2.66. The van der Waals surface area contributed by atoms with Crippen molar-refractivity contribution in [3.05, 3.63) is 40.9 Å². The number of fused-ring (bicyclic) bond motifs is 1. The summed E-state index contributed by atoms with van der Waals surface area (Å²) in [7, 11) is 0. The Morgan fingerprint density at radius 2 is 1.94 bits per heavy atom. The first kappa shape index (κ1) is 23.0.